The van der Waals surface area contributed by atoms with Gasteiger partial charge in [0.05, 0.1) is 45.0 Å². The second-order valence-corrected chi connectivity index (χ2v) is 22.5. The van der Waals surface area contributed by atoms with Gasteiger partial charge in [0, 0.05) is 111 Å². The largest absolute Gasteiger partial charge is 0.494 e. The molecule has 0 unspecified atom stereocenters. The summed E-state index contributed by atoms with van der Waals surface area (Å²) in [5.74, 6) is 0. The second-order valence-electron chi connectivity index (χ2n) is 22.1. The van der Waals surface area contributed by atoms with Crippen molar-refractivity contribution in [1.82, 2.24) is 39.9 Å². The molecule has 6 aromatic carbocycles. The molecule has 0 bridgehead atoms. The first kappa shape index (κ1) is 55.0. The van der Waals surface area contributed by atoms with Crippen LogP contribution in [0.4, 0.5) is 0 Å². The fraction of sp³-hybridized carbons (Fsp3) is 0.0811. The van der Waals surface area contributed by atoms with Gasteiger partial charge in [-0.15, -0.1) is 0 Å². The third-order valence-electron chi connectivity index (χ3n) is 16.0. The molecule has 1 aliphatic rings. The Hall–Kier alpha value is -10.2. The van der Waals surface area contributed by atoms with Crippen molar-refractivity contribution in [1.29, 1.82) is 0 Å². The van der Waals surface area contributed by atoms with Crippen LogP contribution in [0, 0.1) is 0 Å². The van der Waals surface area contributed by atoms with Crippen LogP contribution in [0.2, 0.25) is 5.02 Å². The summed E-state index contributed by atoms with van der Waals surface area (Å²) in [5.41, 5.74) is 16.8. The van der Waals surface area contributed by atoms with Crippen molar-refractivity contribution in [3.8, 4) is 78.4 Å². The predicted molar refractivity (Wildman–Crippen MR) is 350 cm³/mol. The molecular weight excluding hydrogens is 1080 g/mol. The molecule has 15 rings (SSSR count). The van der Waals surface area contributed by atoms with Gasteiger partial charge >= 0.3 is 7.12 Å². The van der Waals surface area contributed by atoms with Crippen LogP contribution in [0.25, 0.3) is 122 Å². The highest BCUT2D eigenvalue weighted by Crippen LogP contribution is 2.38. The van der Waals surface area contributed by atoms with Gasteiger partial charge in [-0.3, -0.25) is 29.9 Å². The average molecular weight is 1140 g/mol. The Morgan fingerprint density at radius 1 is 0.326 bits per heavy atom. The van der Waals surface area contributed by atoms with E-state index in [4.69, 9.17) is 30.9 Å². The highest BCUT2D eigenvalue weighted by atomic mass is 35.5. The number of fused-ring (bicyclic) bond motifs is 6. The molecule has 0 radical (unpaired) electrons. The lowest BCUT2D eigenvalue weighted by Gasteiger charge is -2.32. The molecule has 1 aliphatic heterocycles. The van der Waals surface area contributed by atoms with E-state index < -0.39 is 0 Å². The summed E-state index contributed by atoms with van der Waals surface area (Å²) < 4.78 is 12.3. The van der Waals surface area contributed by atoms with Gasteiger partial charge in [-0.25, -0.2) is 9.97 Å². The summed E-state index contributed by atoms with van der Waals surface area (Å²) in [6, 6.07) is 70.5. The zero-order valence-electron chi connectivity index (χ0n) is 47.8. The minimum Gasteiger partial charge on any atom is -0.399 e. The van der Waals surface area contributed by atoms with Gasteiger partial charge < -0.3 is 9.31 Å². The molecule has 0 N–H and O–H groups in total. The minimum absolute atomic E-state index is 0.330. The normalized spacial score (nSPS) is 13.2. The van der Waals surface area contributed by atoms with Crippen LogP contribution in [-0.2, 0) is 9.31 Å². The van der Waals surface area contributed by atoms with E-state index in [1.807, 2.05) is 79.1 Å². The first-order valence-corrected chi connectivity index (χ1v) is 28.8. The lowest BCUT2D eigenvalue weighted by molar-refractivity contribution is 0.00578. The maximum absolute atomic E-state index is 6.18. The molecule has 1 saturated heterocycles. The molecule has 14 aromatic rings. The van der Waals surface area contributed by atoms with Crippen LogP contribution in [0.3, 0.4) is 0 Å². The number of halogens is 1. The summed E-state index contributed by atoms with van der Waals surface area (Å²) in [6.07, 6.45) is 18.1. The molecule has 9 heterocycles. The number of nitrogens with zero attached hydrogens (tertiary/aromatic N) is 8. The van der Waals surface area contributed by atoms with Crippen LogP contribution in [0.15, 0.2) is 268 Å². The molecule has 414 valence electrons. The smallest absolute Gasteiger partial charge is 0.399 e. The molecule has 8 aromatic heterocycles. The van der Waals surface area contributed by atoms with E-state index in [0.717, 1.165) is 100 Å². The maximum Gasteiger partial charge on any atom is 0.494 e. The van der Waals surface area contributed by atoms with Crippen molar-refractivity contribution in [2.75, 3.05) is 0 Å². The molecule has 12 heteroatoms. The van der Waals surface area contributed by atoms with Gasteiger partial charge in [0.1, 0.15) is 0 Å². The second kappa shape index (κ2) is 23.8. The predicted octanol–water partition coefficient (Wildman–Crippen LogP) is 17.5. The molecule has 0 spiro atoms. The van der Waals surface area contributed by atoms with E-state index in [-0.39, 0.29) is 18.3 Å². The third kappa shape index (κ3) is 11.7. The van der Waals surface area contributed by atoms with Gasteiger partial charge in [0.25, 0.3) is 0 Å². The van der Waals surface area contributed by atoms with E-state index in [9.17, 15) is 0 Å². The van der Waals surface area contributed by atoms with Crippen molar-refractivity contribution in [2.45, 2.75) is 38.9 Å². The van der Waals surface area contributed by atoms with Crippen LogP contribution in [0.1, 0.15) is 27.7 Å². The zero-order valence-corrected chi connectivity index (χ0v) is 48.5. The topological polar surface area (TPSA) is 122 Å². The number of hydrogen-bond donors (Lipinski definition) is 0. The Kier molecular flexibility index (Phi) is 15.3. The van der Waals surface area contributed by atoms with Gasteiger partial charge in [0.2, 0.25) is 0 Å². The van der Waals surface area contributed by atoms with Crippen molar-refractivity contribution >= 4 is 67.5 Å². The first-order valence-electron chi connectivity index (χ1n) is 28.4. The molecule has 1 fully saturated rings. The fourth-order valence-electron chi connectivity index (χ4n) is 10.6. The number of rotatable bonds is 8. The van der Waals surface area contributed by atoms with Gasteiger partial charge in [-0.1, -0.05) is 133 Å². The van der Waals surface area contributed by atoms with E-state index in [1.54, 1.807) is 49.6 Å². The van der Waals surface area contributed by atoms with Gasteiger partial charge in [-0.05, 0) is 162 Å². The Labute approximate surface area is 504 Å². The number of benzene rings is 6. The van der Waals surface area contributed by atoms with Crippen molar-refractivity contribution in [3.05, 3.63) is 273 Å². The SMILES string of the molecule is CC1(C)OB(c2ccc(-c3ccc4c(c3)ncc3ccccc34)cc2)OC1(C)C.Clc1cc(-c2ccncc2)nc(-c2ccncc2)c1.c1ccc2c(c1)cnc1cc(-c3ccc(-c4cc(-c5ccncc5)nc(-c5ccncc5)c4)cc3)ccc12. The summed E-state index contributed by atoms with van der Waals surface area (Å²) in [5, 5.41) is 7.81. The van der Waals surface area contributed by atoms with E-state index in [1.165, 1.54) is 26.9 Å². The Bertz CT molecular complexity index is 4580. The lowest BCUT2D eigenvalue weighted by atomic mass is 9.78. The van der Waals surface area contributed by atoms with Crippen molar-refractivity contribution < 1.29 is 9.31 Å². The molecule has 86 heavy (non-hydrogen) atoms. The highest BCUT2D eigenvalue weighted by Gasteiger charge is 2.51. The summed E-state index contributed by atoms with van der Waals surface area (Å²) in [4.78, 5) is 35.3. The molecule has 10 nitrogen and oxygen atoms in total. The van der Waals surface area contributed by atoms with Crippen molar-refractivity contribution in [2.24, 2.45) is 0 Å². The fourth-order valence-corrected chi connectivity index (χ4v) is 10.8. The lowest BCUT2D eigenvalue weighted by Crippen LogP contribution is -2.41. The minimum atomic E-state index is -0.335. The van der Waals surface area contributed by atoms with E-state index in [0.29, 0.717) is 5.02 Å². The van der Waals surface area contributed by atoms with Crippen LogP contribution in [0.5, 0.6) is 0 Å². The Morgan fingerprint density at radius 2 is 0.663 bits per heavy atom. The summed E-state index contributed by atoms with van der Waals surface area (Å²) in [7, 11) is -0.335. The maximum atomic E-state index is 6.18. The van der Waals surface area contributed by atoms with E-state index in [2.05, 4.69) is 197 Å². The Morgan fingerprint density at radius 3 is 1.06 bits per heavy atom. The van der Waals surface area contributed by atoms with E-state index >= 15 is 0 Å². The van der Waals surface area contributed by atoms with Crippen LogP contribution < -0.4 is 5.46 Å². The number of pyridine rings is 8. The zero-order chi connectivity index (χ0) is 58.6. The first-order chi connectivity index (χ1) is 42.0. The molecule has 0 aliphatic carbocycles. The third-order valence-corrected chi connectivity index (χ3v) is 16.2. The summed E-state index contributed by atoms with van der Waals surface area (Å²) >= 11 is 6.18. The number of aromatic nitrogens is 8. The summed E-state index contributed by atoms with van der Waals surface area (Å²) in [6.45, 7) is 8.31. The molecule has 0 saturated carbocycles. The molecular formula is C74H56BClN8O2. The van der Waals surface area contributed by atoms with Crippen LogP contribution in [-0.4, -0.2) is 58.2 Å². The van der Waals surface area contributed by atoms with Gasteiger partial charge in [0.15, 0.2) is 0 Å². The quantitative estimate of drug-likeness (QED) is 0.107. The molecule has 0 amide bonds. The number of hydrogen-bond acceptors (Lipinski definition) is 10. The standard InChI is InChI=1S/C34H22N4.C25H24BNO2.C15H10ClN3/c1-2-4-30-28(3-1)22-37-34-19-27(9-10-31(30)34)23-5-7-24(8-6-23)29-20-32(25-11-15-35-16-12-25)38-33(21-29)26-13-17-36-18-14-26;1-24(2)25(3,4)29-26(28-24)20-12-9-17(10-13-20)18-11-14-22-21-8-6-5-7-19(21)16-27-23(22)15-18;16-13-9-14(11-1-5-17-6-2-11)19-15(10-13)12-3-7-18-8-4-12/h1-22H;5-16H,1-4H3;1-10H. The van der Waals surface area contributed by atoms with Crippen LogP contribution >= 0.6 is 11.6 Å². The van der Waals surface area contributed by atoms with Crippen molar-refractivity contribution in [3.63, 3.8) is 0 Å². The Balaban J connectivity index is 0.000000127. The average Bonchev–Trinajstić information content (AvgIpc) is 2.19. The van der Waals surface area contributed by atoms with Gasteiger partial charge in [-0.2, -0.15) is 0 Å². The monoisotopic (exact) mass is 1130 g/mol. The molecule has 0 atom stereocenters. The highest BCUT2D eigenvalue weighted by molar-refractivity contribution is 6.62.